The van der Waals surface area contributed by atoms with Crippen molar-refractivity contribution >= 4 is 28.4 Å². The summed E-state index contributed by atoms with van der Waals surface area (Å²) >= 11 is 1.28. The number of hydrogen-bond donors (Lipinski definition) is 0. The SMILES string of the molecule is Cc1cc(C(=O)CSc2nc3ccccc3c(=O)n2C)c(C)n1CC1COc2ccccc2O1. The van der Waals surface area contributed by atoms with Gasteiger partial charge in [-0.2, -0.15) is 0 Å². The van der Waals surface area contributed by atoms with Crippen LogP contribution in [0.3, 0.4) is 0 Å². The number of benzene rings is 2. The summed E-state index contributed by atoms with van der Waals surface area (Å²) in [5, 5.41) is 1.10. The van der Waals surface area contributed by atoms with E-state index in [2.05, 4.69) is 9.55 Å². The lowest BCUT2D eigenvalue weighted by Crippen LogP contribution is -2.33. The molecule has 0 fully saturated rings. The Morgan fingerprint density at radius 1 is 1.12 bits per heavy atom. The number of rotatable bonds is 6. The number of aromatic nitrogens is 3. The molecule has 3 heterocycles. The molecule has 34 heavy (non-hydrogen) atoms. The molecule has 5 rings (SSSR count). The van der Waals surface area contributed by atoms with Crippen molar-refractivity contribution in [1.82, 2.24) is 14.1 Å². The number of nitrogens with zero attached hydrogens (tertiary/aromatic N) is 3. The quantitative estimate of drug-likeness (QED) is 0.237. The predicted octanol–water partition coefficient (Wildman–Crippen LogP) is 4.17. The summed E-state index contributed by atoms with van der Waals surface area (Å²) < 4.78 is 15.5. The fourth-order valence-electron chi connectivity index (χ4n) is 4.26. The van der Waals surface area contributed by atoms with E-state index in [1.807, 2.05) is 62.4 Å². The molecular formula is C26H25N3O4S. The Bertz CT molecular complexity index is 1460. The Hall–Kier alpha value is -3.52. The number of aryl methyl sites for hydroxylation is 1. The number of hydrogen-bond acceptors (Lipinski definition) is 6. The van der Waals surface area contributed by atoms with Crippen LogP contribution in [0.1, 0.15) is 21.7 Å². The molecule has 1 aliphatic rings. The number of fused-ring (bicyclic) bond motifs is 2. The molecule has 1 unspecified atom stereocenters. The number of Topliss-reactive ketones (excluding diaryl/α,β-unsaturated/α-hetero) is 1. The smallest absolute Gasteiger partial charge is 0.261 e. The van der Waals surface area contributed by atoms with Crippen LogP contribution in [0.25, 0.3) is 10.9 Å². The van der Waals surface area contributed by atoms with Gasteiger partial charge in [0, 0.05) is 24.0 Å². The number of carbonyl (C=O) groups excluding carboxylic acids is 1. The van der Waals surface area contributed by atoms with Crippen LogP contribution in [0, 0.1) is 13.8 Å². The Balaban J connectivity index is 1.31. The Morgan fingerprint density at radius 2 is 1.85 bits per heavy atom. The molecule has 0 saturated heterocycles. The molecule has 4 aromatic rings. The first kappa shape index (κ1) is 22.3. The minimum absolute atomic E-state index is 0.00193. The second-order valence-corrected chi connectivity index (χ2v) is 9.32. The average Bonchev–Trinajstić information content (AvgIpc) is 3.13. The van der Waals surface area contributed by atoms with E-state index < -0.39 is 0 Å². The van der Waals surface area contributed by atoms with Crippen LogP contribution >= 0.6 is 11.8 Å². The standard InChI is InChI=1S/C26H25N3O4S/c1-16-12-20(17(2)29(16)13-18-14-32-23-10-6-7-11-24(23)33-18)22(30)15-34-26-27-21-9-5-4-8-19(21)25(31)28(26)3/h4-12,18H,13-15H2,1-3H3. The molecule has 0 amide bonds. The third-order valence-corrected chi connectivity index (χ3v) is 7.13. The highest BCUT2D eigenvalue weighted by molar-refractivity contribution is 7.99. The van der Waals surface area contributed by atoms with Gasteiger partial charge in [0.2, 0.25) is 0 Å². The third-order valence-electron chi connectivity index (χ3n) is 6.10. The fraction of sp³-hybridized carbons (Fsp3) is 0.269. The lowest BCUT2D eigenvalue weighted by Gasteiger charge is -2.27. The van der Waals surface area contributed by atoms with E-state index in [9.17, 15) is 9.59 Å². The second-order valence-electron chi connectivity index (χ2n) is 8.38. The highest BCUT2D eigenvalue weighted by Gasteiger charge is 2.24. The average molecular weight is 476 g/mol. The molecular weight excluding hydrogens is 450 g/mol. The van der Waals surface area contributed by atoms with Crippen molar-refractivity contribution in [3.63, 3.8) is 0 Å². The Labute approximate surface area is 201 Å². The van der Waals surface area contributed by atoms with Gasteiger partial charge in [-0.3, -0.25) is 14.2 Å². The molecule has 1 atom stereocenters. The predicted molar refractivity (Wildman–Crippen MR) is 132 cm³/mol. The summed E-state index contributed by atoms with van der Waals surface area (Å²) in [6.45, 7) is 4.98. The van der Waals surface area contributed by atoms with E-state index in [0.717, 1.165) is 22.9 Å². The van der Waals surface area contributed by atoms with Gasteiger partial charge < -0.3 is 14.0 Å². The molecule has 2 aromatic heterocycles. The number of ketones is 1. The molecule has 174 valence electrons. The number of para-hydroxylation sites is 3. The van der Waals surface area contributed by atoms with Crippen LogP contribution in [0.5, 0.6) is 11.5 Å². The van der Waals surface area contributed by atoms with Gasteiger partial charge in [-0.1, -0.05) is 36.0 Å². The van der Waals surface area contributed by atoms with E-state index in [1.165, 1.54) is 16.3 Å². The zero-order chi connectivity index (χ0) is 23.8. The summed E-state index contributed by atoms with van der Waals surface area (Å²) in [5.74, 6) is 1.68. The van der Waals surface area contributed by atoms with Gasteiger partial charge in [0.05, 0.1) is 23.2 Å². The van der Waals surface area contributed by atoms with Crippen LogP contribution in [0.4, 0.5) is 0 Å². The van der Waals surface area contributed by atoms with Crippen LogP contribution in [0.2, 0.25) is 0 Å². The molecule has 0 radical (unpaired) electrons. The van der Waals surface area contributed by atoms with Gasteiger partial charge in [-0.05, 0) is 44.2 Å². The summed E-state index contributed by atoms with van der Waals surface area (Å²) in [6.07, 6.45) is -0.145. The Morgan fingerprint density at radius 3 is 2.68 bits per heavy atom. The highest BCUT2D eigenvalue weighted by atomic mass is 32.2. The van der Waals surface area contributed by atoms with Crippen LogP contribution < -0.4 is 15.0 Å². The zero-order valence-corrected chi connectivity index (χ0v) is 20.1. The molecule has 0 bridgehead atoms. The first-order chi connectivity index (χ1) is 16.4. The van der Waals surface area contributed by atoms with Crippen molar-refractivity contribution in [2.75, 3.05) is 12.4 Å². The maximum absolute atomic E-state index is 13.1. The number of thioether (sulfide) groups is 1. The van der Waals surface area contributed by atoms with Crippen molar-refractivity contribution in [2.24, 2.45) is 7.05 Å². The van der Waals surface area contributed by atoms with E-state index in [1.54, 1.807) is 13.1 Å². The summed E-state index contributed by atoms with van der Waals surface area (Å²) in [7, 11) is 1.69. The monoisotopic (exact) mass is 475 g/mol. The van der Waals surface area contributed by atoms with Gasteiger partial charge in [0.15, 0.2) is 28.5 Å². The van der Waals surface area contributed by atoms with E-state index in [-0.39, 0.29) is 23.2 Å². The molecule has 1 aliphatic heterocycles. The van der Waals surface area contributed by atoms with Crippen LogP contribution in [-0.4, -0.2) is 38.4 Å². The van der Waals surface area contributed by atoms with E-state index in [0.29, 0.717) is 34.8 Å². The maximum Gasteiger partial charge on any atom is 0.261 e. The molecule has 8 heteroatoms. The highest BCUT2D eigenvalue weighted by Crippen LogP contribution is 2.32. The number of ether oxygens (including phenoxy) is 2. The molecule has 7 nitrogen and oxygen atoms in total. The molecule has 2 aromatic carbocycles. The van der Waals surface area contributed by atoms with Gasteiger partial charge in [-0.15, -0.1) is 0 Å². The van der Waals surface area contributed by atoms with Crippen LogP contribution in [0.15, 0.2) is 64.5 Å². The lowest BCUT2D eigenvalue weighted by atomic mass is 10.2. The maximum atomic E-state index is 13.1. The second kappa shape index (κ2) is 9.02. The minimum atomic E-state index is -0.145. The van der Waals surface area contributed by atoms with Crippen molar-refractivity contribution in [1.29, 1.82) is 0 Å². The summed E-state index contributed by atoms with van der Waals surface area (Å²) in [6, 6.07) is 16.8. The summed E-state index contributed by atoms with van der Waals surface area (Å²) in [4.78, 5) is 30.3. The van der Waals surface area contributed by atoms with E-state index in [4.69, 9.17) is 9.47 Å². The molecule has 0 aliphatic carbocycles. The first-order valence-corrected chi connectivity index (χ1v) is 12.1. The largest absolute Gasteiger partial charge is 0.486 e. The van der Waals surface area contributed by atoms with Crippen molar-refractivity contribution in [2.45, 2.75) is 31.7 Å². The van der Waals surface area contributed by atoms with Crippen molar-refractivity contribution in [3.05, 3.63) is 81.9 Å². The summed E-state index contributed by atoms with van der Waals surface area (Å²) in [5.41, 5.74) is 3.08. The number of carbonyl (C=O) groups is 1. The van der Waals surface area contributed by atoms with Gasteiger partial charge in [0.1, 0.15) is 6.61 Å². The van der Waals surface area contributed by atoms with Gasteiger partial charge in [-0.25, -0.2) is 4.98 Å². The molecule has 0 N–H and O–H groups in total. The van der Waals surface area contributed by atoms with Crippen molar-refractivity contribution in [3.8, 4) is 11.5 Å². The molecule has 0 saturated carbocycles. The van der Waals surface area contributed by atoms with Crippen molar-refractivity contribution < 1.29 is 14.3 Å². The topological polar surface area (TPSA) is 75.4 Å². The minimum Gasteiger partial charge on any atom is -0.486 e. The Kier molecular flexibility index (Phi) is 5.91. The normalized spacial score (nSPS) is 15.0. The van der Waals surface area contributed by atoms with E-state index >= 15 is 0 Å². The fourth-order valence-corrected chi connectivity index (χ4v) is 5.11. The van der Waals surface area contributed by atoms with Gasteiger partial charge >= 0.3 is 0 Å². The molecule has 0 spiro atoms. The third kappa shape index (κ3) is 4.09. The lowest BCUT2D eigenvalue weighted by molar-refractivity contribution is 0.0777. The van der Waals surface area contributed by atoms with Gasteiger partial charge in [0.25, 0.3) is 5.56 Å². The first-order valence-electron chi connectivity index (χ1n) is 11.1. The van der Waals surface area contributed by atoms with Crippen LogP contribution in [-0.2, 0) is 13.6 Å². The zero-order valence-electron chi connectivity index (χ0n) is 19.3.